The summed E-state index contributed by atoms with van der Waals surface area (Å²) < 4.78 is 5.15. The summed E-state index contributed by atoms with van der Waals surface area (Å²) in [5, 5.41) is 4.53. The summed E-state index contributed by atoms with van der Waals surface area (Å²) in [5.74, 6) is 0. The summed E-state index contributed by atoms with van der Waals surface area (Å²) >= 11 is 1.48. The molecule has 4 nitrogen and oxygen atoms in total. The van der Waals surface area contributed by atoms with Gasteiger partial charge in [-0.2, -0.15) is 0 Å². The second-order valence-corrected chi connectivity index (χ2v) is 6.74. The smallest absolute Gasteiger partial charge is 0.407 e. The number of amides is 1. The first-order chi connectivity index (χ1) is 10.3. The summed E-state index contributed by atoms with van der Waals surface area (Å²) in [7, 11) is 0. The lowest BCUT2D eigenvalue weighted by Gasteiger charge is -2.19. The highest BCUT2D eigenvalue weighted by molar-refractivity contribution is 8.10. The maximum Gasteiger partial charge on any atom is 0.407 e. The zero-order valence-corrected chi connectivity index (χ0v) is 14.2. The topological polar surface area (TPSA) is 64.3 Å². The van der Waals surface area contributed by atoms with Gasteiger partial charge in [0.15, 0.2) is 0 Å². The number of hydrogen-bond acceptors (Lipinski definition) is 4. The fraction of sp³-hybridized carbons (Fsp3) is 0.353. The molecule has 0 saturated heterocycles. The van der Waals surface area contributed by atoms with Gasteiger partial charge in [-0.15, -0.1) is 0 Å². The van der Waals surface area contributed by atoms with Crippen LogP contribution in [0.15, 0.2) is 48.0 Å². The van der Waals surface area contributed by atoms with E-state index in [1.807, 2.05) is 56.5 Å². The van der Waals surface area contributed by atoms with E-state index in [0.717, 1.165) is 10.5 Å². The van der Waals surface area contributed by atoms with E-state index >= 15 is 0 Å². The third kappa shape index (κ3) is 7.78. The van der Waals surface area contributed by atoms with Crippen LogP contribution in [0.3, 0.4) is 0 Å². The van der Waals surface area contributed by atoms with Crippen molar-refractivity contribution >= 4 is 22.8 Å². The van der Waals surface area contributed by atoms with E-state index in [4.69, 9.17) is 10.5 Å². The maximum atomic E-state index is 11.5. The normalized spacial score (nSPS) is 11.9. The number of carbonyl (C=O) groups is 1. The van der Waals surface area contributed by atoms with E-state index in [-0.39, 0.29) is 0 Å². The van der Waals surface area contributed by atoms with Crippen LogP contribution in [0.2, 0.25) is 0 Å². The third-order valence-electron chi connectivity index (χ3n) is 2.53. The van der Waals surface area contributed by atoms with Gasteiger partial charge in [-0.1, -0.05) is 48.7 Å². The Morgan fingerprint density at radius 3 is 2.59 bits per heavy atom. The zero-order valence-electron chi connectivity index (χ0n) is 13.4. The van der Waals surface area contributed by atoms with Crippen LogP contribution in [0.1, 0.15) is 32.8 Å². The average Bonchev–Trinajstić information content (AvgIpc) is 2.43. The van der Waals surface area contributed by atoms with Gasteiger partial charge in [0.05, 0.1) is 0 Å². The monoisotopic (exact) mass is 320 g/mol. The van der Waals surface area contributed by atoms with Gasteiger partial charge in [-0.3, -0.25) is 0 Å². The van der Waals surface area contributed by atoms with E-state index in [0.29, 0.717) is 18.7 Å². The summed E-state index contributed by atoms with van der Waals surface area (Å²) in [4.78, 5) is 12.4. The molecule has 0 heterocycles. The average molecular weight is 320 g/mol. The van der Waals surface area contributed by atoms with Crippen LogP contribution in [-0.4, -0.2) is 18.2 Å². The number of nitrogens with two attached hydrogens (primary N) is 1. The van der Waals surface area contributed by atoms with Crippen molar-refractivity contribution in [3.05, 3.63) is 53.6 Å². The molecule has 1 aromatic rings. The minimum atomic E-state index is -0.491. The molecule has 5 heteroatoms. The van der Waals surface area contributed by atoms with Crippen LogP contribution in [0.4, 0.5) is 4.79 Å². The second-order valence-electron chi connectivity index (χ2n) is 5.78. The van der Waals surface area contributed by atoms with Gasteiger partial charge in [-0.25, -0.2) is 4.79 Å². The number of carbonyl (C=O) groups excluding carboxylic acids is 1. The Balaban J connectivity index is 2.32. The summed E-state index contributed by atoms with van der Waals surface area (Å²) in [6.45, 7) is 9.94. The Hall–Kier alpha value is -1.88. The molecule has 0 aromatic heterocycles. The highest BCUT2D eigenvalue weighted by Gasteiger charge is 2.15. The van der Waals surface area contributed by atoms with Gasteiger partial charge >= 0.3 is 6.09 Å². The lowest BCUT2D eigenvalue weighted by atomic mass is 10.2. The molecule has 0 aliphatic rings. The van der Waals surface area contributed by atoms with E-state index in [2.05, 4.69) is 11.9 Å². The van der Waals surface area contributed by atoms with Crippen molar-refractivity contribution in [3.63, 3.8) is 0 Å². The molecule has 1 aromatic carbocycles. The minimum absolute atomic E-state index is 0.429. The van der Waals surface area contributed by atoms with Gasteiger partial charge in [0.1, 0.15) is 5.60 Å². The zero-order chi connectivity index (χ0) is 16.6. The quantitative estimate of drug-likeness (QED) is 0.828. The molecular formula is C17H24N2O2S. The predicted molar refractivity (Wildman–Crippen MR) is 94.2 cm³/mol. The standard InChI is InChI=1S/C17H24N2O2S/c1-13(14-8-6-5-7-9-14)22-12-15(18)10-11-19-16(20)21-17(2,3)4/h5-9,12H,1,10-11,18H2,2-4H3,(H,19,20)/b15-12-. The molecule has 120 valence electrons. The Bertz CT molecular complexity index is 533. The number of rotatable bonds is 6. The van der Waals surface area contributed by atoms with Crippen molar-refractivity contribution in [1.29, 1.82) is 0 Å². The molecule has 3 N–H and O–H groups in total. The Morgan fingerprint density at radius 1 is 1.36 bits per heavy atom. The molecule has 22 heavy (non-hydrogen) atoms. The molecule has 0 aliphatic carbocycles. The summed E-state index contributed by atoms with van der Waals surface area (Å²) in [6.07, 6.45) is 0.135. The molecular weight excluding hydrogens is 296 g/mol. The minimum Gasteiger partial charge on any atom is -0.444 e. The maximum absolute atomic E-state index is 11.5. The number of hydrogen-bond donors (Lipinski definition) is 2. The second kappa shape index (κ2) is 8.54. The van der Waals surface area contributed by atoms with E-state index in [1.165, 1.54) is 11.8 Å². The number of ether oxygens (including phenoxy) is 1. The van der Waals surface area contributed by atoms with Crippen molar-refractivity contribution in [2.75, 3.05) is 6.54 Å². The Kier molecular flexibility index (Phi) is 7.05. The van der Waals surface area contributed by atoms with Crippen molar-refractivity contribution in [2.45, 2.75) is 32.8 Å². The molecule has 0 spiro atoms. The van der Waals surface area contributed by atoms with Crippen molar-refractivity contribution in [2.24, 2.45) is 5.73 Å². The van der Waals surface area contributed by atoms with Crippen LogP contribution in [-0.2, 0) is 4.74 Å². The lowest BCUT2D eigenvalue weighted by Crippen LogP contribution is -2.33. The molecule has 0 unspecified atom stereocenters. The van der Waals surface area contributed by atoms with E-state index < -0.39 is 11.7 Å². The van der Waals surface area contributed by atoms with Crippen LogP contribution >= 0.6 is 11.8 Å². The number of benzene rings is 1. The highest BCUT2D eigenvalue weighted by atomic mass is 32.2. The van der Waals surface area contributed by atoms with Crippen molar-refractivity contribution < 1.29 is 9.53 Å². The molecule has 0 saturated carbocycles. The highest BCUT2D eigenvalue weighted by Crippen LogP contribution is 2.26. The fourth-order valence-electron chi connectivity index (χ4n) is 1.52. The van der Waals surface area contributed by atoms with E-state index in [9.17, 15) is 4.79 Å². The molecule has 0 bridgehead atoms. The molecule has 0 radical (unpaired) electrons. The van der Waals surface area contributed by atoms with Crippen molar-refractivity contribution in [3.8, 4) is 0 Å². The predicted octanol–water partition coefficient (Wildman–Crippen LogP) is 4.11. The third-order valence-corrected chi connectivity index (χ3v) is 3.47. The molecule has 0 aliphatic heterocycles. The molecule has 0 fully saturated rings. The molecule has 1 rings (SSSR count). The van der Waals surface area contributed by atoms with Gasteiger partial charge in [0.2, 0.25) is 0 Å². The largest absolute Gasteiger partial charge is 0.444 e. The first kappa shape index (κ1) is 18.2. The first-order valence-electron chi connectivity index (χ1n) is 7.10. The SMILES string of the molecule is C=C(S/C=C(\N)CCNC(=O)OC(C)(C)C)c1ccccc1. The molecule has 0 atom stereocenters. The number of nitrogens with one attached hydrogen (secondary N) is 1. The summed E-state index contributed by atoms with van der Waals surface area (Å²) in [6, 6.07) is 9.92. The van der Waals surface area contributed by atoms with Gasteiger partial charge < -0.3 is 15.8 Å². The number of alkyl carbamates (subject to hydrolysis) is 1. The fourth-order valence-corrected chi connectivity index (χ4v) is 2.20. The molecule has 1 amide bonds. The lowest BCUT2D eigenvalue weighted by molar-refractivity contribution is 0.0528. The Morgan fingerprint density at radius 2 is 2.00 bits per heavy atom. The van der Waals surface area contributed by atoms with Crippen LogP contribution in [0.5, 0.6) is 0 Å². The van der Waals surface area contributed by atoms with Crippen molar-refractivity contribution in [1.82, 2.24) is 5.32 Å². The summed E-state index contributed by atoms with van der Waals surface area (Å²) in [5.41, 5.74) is 7.19. The van der Waals surface area contributed by atoms with Gasteiger partial charge in [-0.05, 0) is 31.7 Å². The van der Waals surface area contributed by atoms with Crippen LogP contribution in [0, 0.1) is 0 Å². The number of thioether (sulfide) groups is 1. The van der Waals surface area contributed by atoms with E-state index in [1.54, 1.807) is 0 Å². The van der Waals surface area contributed by atoms with Crippen LogP contribution < -0.4 is 11.1 Å². The van der Waals surface area contributed by atoms with Crippen LogP contribution in [0.25, 0.3) is 4.91 Å². The van der Waals surface area contributed by atoms with Gasteiger partial charge in [0, 0.05) is 23.6 Å². The Labute approximate surface area is 136 Å². The first-order valence-corrected chi connectivity index (χ1v) is 7.98. The van der Waals surface area contributed by atoms with Gasteiger partial charge in [0.25, 0.3) is 0 Å².